The summed E-state index contributed by atoms with van der Waals surface area (Å²) in [6.07, 6.45) is 5.18. The van der Waals surface area contributed by atoms with Gasteiger partial charge in [-0.25, -0.2) is 0 Å². The van der Waals surface area contributed by atoms with Gasteiger partial charge >= 0.3 is 0 Å². The maximum Gasteiger partial charge on any atom is 0.0724 e. The summed E-state index contributed by atoms with van der Waals surface area (Å²) < 4.78 is 0. The first-order valence-corrected chi connectivity index (χ1v) is 4.23. The lowest BCUT2D eigenvalue weighted by Crippen LogP contribution is -2.06. The predicted molar refractivity (Wildman–Crippen MR) is 55.3 cm³/mol. The van der Waals surface area contributed by atoms with Crippen molar-refractivity contribution in [1.29, 1.82) is 0 Å². The molecule has 2 aromatic rings. The van der Waals surface area contributed by atoms with E-state index in [1.165, 1.54) is 0 Å². The fourth-order valence-corrected chi connectivity index (χ4v) is 1.20. The monoisotopic (exact) mass is 186 g/mol. The minimum atomic E-state index is 0.840. The molecule has 14 heavy (non-hydrogen) atoms. The summed E-state index contributed by atoms with van der Waals surface area (Å²) >= 11 is 0. The topological polar surface area (TPSA) is 63.8 Å². The zero-order valence-corrected chi connectivity index (χ0v) is 7.51. The van der Waals surface area contributed by atoms with Gasteiger partial charge in [0.15, 0.2) is 0 Å². The van der Waals surface area contributed by atoms with E-state index in [4.69, 9.17) is 5.84 Å². The molecule has 2 rings (SSSR count). The second-order valence-electron chi connectivity index (χ2n) is 2.81. The van der Waals surface area contributed by atoms with Crippen molar-refractivity contribution in [1.82, 2.24) is 9.97 Å². The van der Waals surface area contributed by atoms with Crippen molar-refractivity contribution < 1.29 is 0 Å². The van der Waals surface area contributed by atoms with Crippen LogP contribution in [0.5, 0.6) is 0 Å². The molecular weight excluding hydrogens is 176 g/mol. The highest BCUT2D eigenvalue weighted by molar-refractivity contribution is 5.62. The van der Waals surface area contributed by atoms with E-state index in [0.717, 1.165) is 16.9 Å². The first-order chi connectivity index (χ1) is 6.90. The number of nitrogens with one attached hydrogen (secondary N) is 1. The van der Waals surface area contributed by atoms with Crippen molar-refractivity contribution in [2.45, 2.75) is 0 Å². The first kappa shape index (κ1) is 8.65. The highest BCUT2D eigenvalue weighted by Gasteiger charge is 1.98. The Morgan fingerprint density at radius 3 is 2.57 bits per heavy atom. The summed E-state index contributed by atoms with van der Waals surface area (Å²) in [5, 5.41) is 0. The summed E-state index contributed by atoms with van der Waals surface area (Å²) in [6, 6.07) is 7.51. The molecule has 70 valence electrons. The van der Waals surface area contributed by atoms with Crippen LogP contribution in [0.15, 0.2) is 42.9 Å². The third-order valence-electron chi connectivity index (χ3n) is 1.90. The Labute approximate surface area is 81.8 Å². The van der Waals surface area contributed by atoms with Crippen molar-refractivity contribution in [3.63, 3.8) is 0 Å². The van der Waals surface area contributed by atoms with E-state index in [9.17, 15) is 0 Å². The first-order valence-electron chi connectivity index (χ1n) is 4.23. The number of nitrogens with two attached hydrogens (primary N) is 1. The van der Waals surface area contributed by atoms with Crippen molar-refractivity contribution in [3.8, 4) is 11.3 Å². The fourth-order valence-electron chi connectivity index (χ4n) is 1.20. The molecule has 0 amide bonds. The average Bonchev–Trinajstić information content (AvgIpc) is 2.30. The number of hydrogen-bond acceptors (Lipinski definition) is 4. The summed E-state index contributed by atoms with van der Waals surface area (Å²) in [6.45, 7) is 0. The largest absolute Gasteiger partial charge is 0.324 e. The molecular formula is C10H10N4. The van der Waals surface area contributed by atoms with Gasteiger partial charge < -0.3 is 5.43 Å². The van der Waals surface area contributed by atoms with E-state index in [0.29, 0.717) is 0 Å². The number of nitrogen functional groups attached to an aromatic ring is 1. The number of anilines is 1. The molecule has 0 aliphatic rings. The summed E-state index contributed by atoms with van der Waals surface area (Å²) in [4.78, 5) is 8.18. The molecule has 0 fully saturated rings. The molecule has 0 aliphatic heterocycles. The van der Waals surface area contributed by atoms with Gasteiger partial charge in [0.2, 0.25) is 0 Å². The van der Waals surface area contributed by atoms with Crippen molar-refractivity contribution in [2.75, 3.05) is 5.43 Å². The Hall–Kier alpha value is -1.94. The van der Waals surface area contributed by atoms with Crippen LogP contribution >= 0.6 is 0 Å². The van der Waals surface area contributed by atoms with Gasteiger partial charge in [0.1, 0.15) is 0 Å². The molecule has 0 saturated heterocycles. The molecule has 0 atom stereocenters. The van der Waals surface area contributed by atoms with Crippen LogP contribution in [0.4, 0.5) is 5.69 Å². The van der Waals surface area contributed by atoms with E-state index in [1.807, 2.05) is 24.3 Å². The molecule has 2 heterocycles. The fraction of sp³-hybridized carbons (Fsp3) is 0. The average molecular weight is 186 g/mol. The van der Waals surface area contributed by atoms with E-state index >= 15 is 0 Å². The number of hydrogen-bond donors (Lipinski definition) is 2. The van der Waals surface area contributed by atoms with Gasteiger partial charge in [0, 0.05) is 24.2 Å². The van der Waals surface area contributed by atoms with Gasteiger partial charge in [-0.05, 0) is 24.3 Å². The van der Waals surface area contributed by atoms with Gasteiger partial charge in [-0.2, -0.15) is 0 Å². The van der Waals surface area contributed by atoms with Gasteiger partial charge in [0.25, 0.3) is 0 Å². The van der Waals surface area contributed by atoms with Crippen LogP contribution in [0.2, 0.25) is 0 Å². The van der Waals surface area contributed by atoms with Crippen molar-refractivity contribution >= 4 is 5.69 Å². The normalized spacial score (nSPS) is 9.79. The Morgan fingerprint density at radius 1 is 1.07 bits per heavy atom. The standard InChI is InChI=1S/C10H10N4/c11-14-9-3-6-13-10(7-9)8-1-4-12-5-2-8/h1-7H,11H2,(H,13,14). The molecule has 4 nitrogen and oxygen atoms in total. The van der Waals surface area contributed by atoms with Crippen LogP contribution in [0.25, 0.3) is 11.3 Å². The van der Waals surface area contributed by atoms with Gasteiger partial charge in [0.05, 0.1) is 11.4 Å². The molecule has 0 spiro atoms. The van der Waals surface area contributed by atoms with Gasteiger partial charge in [-0.3, -0.25) is 15.8 Å². The van der Waals surface area contributed by atoms with E-state index < -0.39 is 0 Å². The Balaban J connectivity index is 2.42. The van der Waals surface area contributed by atoms with Crippen LogP contribution in [0.3, 0.4) is 0 Å². The van der Waals surface area contributed by atoms with Crippen LogP contribution in [-0.4, -0.2) is 9.97 Å². The molecule has 0 radical (unpaired) electrons. The highest BCUT2D eigenvalue weighted by Crippen LogP contribution is 2.18. The summed E-state index contributed by atoms with van der Waals surface area (Å²) in [5.41, 5.74) is 5.32. The molecule has 2 aromatic heterocycles. The molecule has 0 aromatic carbocycles. The number of nitrogens with zero attached hydrogens (tertiary/aromatic N) is 2. The molecule has 0 bridgehead atoms. The third-order valence-corrected chi connectivity index (χ3v) is 1.90. The lowest BCUT2D eigenvalue weighted by molar-refractivity contribution is 1.27. The highest BCUT2D eigenvalue weighted by atomic mass is 15.2. The molecule has 0 aliphatic carbocycles. The third kappa shape index (κ3) is 1.70. The Kier molecular flexibility index (Phi) is 2.38. The molecule has 0 saturated carbocycles. The van der Waals surface area contributed by atoms with Crippen molar-refractivity contribution in [3.05, 3.63) is 42.9 Å². The number of rotatable bonds is 2. The summed E-state index contributed by atoms with van der Waals surface area (Å²) in [5.74, 6) is 5.31. The predicted octanol–water partition coefficient (Wildman–Crippen LogP) is 1.43. The quantitative estimate of drug-likeness (QED) is 0.550. The molecule has 3 N–H and O–H groups in total. The van der Waals surface area contributed by atoms with Gasteiger partial charge in [-0.1, -0.05) is 0 Å². The molecule has 0 unspecified atom stereocenters. The van der Waals surface area contributed by atoms with Crippen LogP contribution in [0, 0.1) is 0 Å². The molecule has 4 heteroatoms. The lowest BCUT2D eigenvalue weighted by Gasteiger charge is -2.02. The second-order valence-corrected chi connectivity index (χ2v) is 2.81. The van der Waals surface area contributed by atoms with E-state index in [-0.39, 0.29) is 0 Å². The summed E-state index contributed by atoms with van der Waals surface area (Å²) in [7, 11) is 0. The van der Waals surface area contributed by atoms with Crippen LogP contribution < -0.4 is 11.3 Å². The Morgan fingerprint density at radius 2 is 1.86 bits per heavy atom. The second kappa shape index (κ2) is 3.85. The van der Waals surface area contributed by atoms with E-state index in [1.54, 1.807) is 18.6 Å². The minimum Gasteiger partial charge on any atom is -0.324 e. The maximum atomic E-state index is 5.31. The zero-order valence-electron chi connectivity index (χ0n) is 7.51. The number of aromatic nitrogens is 2. The van der Waals surface area contributed by atoms with Crippen LogP contribution in [-0.2, 0) is 0 Å². The number of pyridine rings is 2. The smallest absolute Gasteiger partial charge is 0.0724 e. The van der Waals surface area contributed by atoms with E-state index in [2.05, 4.69) is 15.4 Å². The van der Waals surface area contributed by atoms with Gasteiger partial charge in [-0.15, -0.1) is 0 Å². The van der Waals surface area contributed by atoms with Crippen molar-refractivity contribution in [2.24, 2.45) is 5.84 Å². The lowest BCUT2D eigenvalue weighted by atomic mass is 10.2. The van der Waals surface area contributed by atoms with Crippen LogP contribution in [0.1, 0.15) is 0 Å². The minimum absolute atomic E-state index is 0.840. The number of hydrazine groups is 1. The maximum absolute atomic E-state index is 5.31. The zero-order chi connectivity index (χ0) is 9.80. The SMILES string of the molecule is NNc1ccnc(-c2ccncc2)c1. The Bertz CT molecular complexity index is 413.